The van der Waals surface area contributed by atoms with E-state index >= 15 is 0 Å². The molecule has 1 N–H and O–H groups in total. The van der Waals surface area contributed by atoms with Crippen LogP contribution >= 0.6 is 0 Å². The summed E-state index contributed by atoms with van der Waals surface area (Å²) < 4.78 is 10.5. The number of ether oxygens (including phenoxy) is 2. The molecule has 1 aliphatic heterocycles. The van der Waals surface area contributed by atoms with Crippen molar-refractivity contribution in [3.8, 4) is 11.5 Å². The SMILES string of the molecule is COc1ccc(NC(=O)[C@H]2CC(=O)N(c3ccc(C)c(C)c3)C2)c(OC)c1. The second-order valence-electron chi connectivity index (χ2n) is 6.73. The summed E-state index contributed by atoms with van der Waals surface area (Å²) in [5.74, 6) is 0.504. The molecule has 6 nitrogen and oxygen atoms in total. The molecule has 2 amide bonds. The molecule has 1 aliphatic rings. The van der Waals surface area contributed by atoms with Crippen molar-refractivity contribution >= 4 is 23.2 Å². The lowest BCUT2D eigenvalue weighted by atomic mass is 10.1. The lowest BCUT2D eigenvalue weighted by Crippen LogP contribution is -2.28. The first-order valence-corrected chi connectivity index (χ1v) is 8.83. The highest BCUT2D eigenvalue weighted by Crippen LogP contribution is 2.31. The zero-order chi connectivity index (χ0) is 19.6. The number of hydrogen-bond donors (Lipinski definition) is 1. The summed E-state index contributed by atoms with van der Waals surface area (Å²) in [5, 5.41) is 2.87. The van der Waals surface area contributed by atoms with Crippen LogP contribution in [0, 0.1) is 19.8 Å². The molecule has 2 aromatic carbocycles. The average Bonchev–Trinajstić information content (AvgIpc) is 3.06. The summed E-state index contributed by atoms with van der Waals surface area (Å²) in [6.45, 7) is 4.41. The third-order valence-electron chi connectivity index (χ3n) is 4.96. The van der Waals surface area contributed by atoms with Gasteiger partial charge in [0.15, 0.2) is 0 Å². The van der Waals surface area contributed by atoms with E-state index in [9.17, 15) is 9.59 Å². The topological polar surface area (TPSA) is 67.9 Å². The fourth-order valence-corrected chi connectivity index (χ4v) is 3.16. The van der Waals surface area contributed by atoms with Crippen molar-refractivity contribution in [2.24, 2.45) is 5.92 Å². The van der Waals surface area contributed by atoms with Gasteiger partial charge in [-0.1, -0.05) is 6.07 Å². The molecule has 0 unspecified atom stereocenters. The molecule has 2 aromatic rings. The van der Waals surface area contributed by atoms with E-state index in [1.807, 2.05) is 32.0 Å². The third-order valence-corrected chi connectivity index (χ3v) is 4.96. The Kier molecular flexibility index (Phi) is 5.35. The van der Waals surface area contributed by atoms with Gasteiger partial charge in [-0.3, -0.25) is 9.59 Å². The van der Waals surface area contributed by atoms with E-state index in [0.717, 1.165) is 11.3 Å². The van der Waals surface area contributed by atoms with Crippen LogP contribution < -0.4 is 19.7 Å². The highest BCUT2D eigenvalue weighted by Gasteiger charge is 2.35. The van der Waals surface area contributed by atoms with Crippen molar-refractivity contribution in [1.82, 2.24) is 0 Å². The fourth-order valence-electron chi connectivity index (χ4n) is 3.16. The molecule has 1 fully saturated rings. The second-order valence-corrected chi connectivity index (χ2v) is 6.73. The smallest absolute Gasteiger partial charge is 0.229 e. The Morgan fingerprint density at radius 3 is 2.52 bits per heavy atom. The predicted octanol–water partition coefficient (Wildman–Crippen LogP) is 3.31. The van der Waals surface area contributed by atoms with E-state index in [1.54, 1.807) is 30.2 Å². The van der Waals surface area contributed by atoms with Crippen molar-refractivity contribution in [3.63, 3.8) is 0 Å². The Hall–Kier alpha value is -3.02. The van der Waals surface area contributed by atoms with Gasteiger partial charge < -0.3 is 19.7 Å². The number of nitrogens with zero attached hydrogens (tertiary/aromatic N) is 1. The molecule has 142 valence electrons. The molecule has 0 aliphatic carbocycles. The van der Waals surface area contributed by atoms with Crippen molar-refractivity contribution in [2.45, 2.75) is 20.3 Å². The van der Waals surface area contributed by atoms with Crippen molar-refractivity contribution in [2.75, 3.05) is 31.0 Å². The zero-order valence-electron chi connectivity index (χ0n) is 16.0. The summed E-state index contributed by atoms with van der Waals surface area (Å²) in [6.07, 6.45) is 0.192. The Labute approximate surface area is 159 Å². The molecule has 1 heterocycles. The number of rotatable bonds is 5. The number of hydrogen-bond acceptors (Lipinski definition) is 4. The number of methoxy groups -OCH3 is 2. The van der Waals surface area contributed by atoms with Gasteiger partial charge in [0.2, 0.25) is 11.8 Å². The Bertz CT molecular complexity index is 878. The van der Waals surface area contributed by atoms with E-state index < -0.39 is 5.92 Å². The summed E-state index contributed by atoms with van der Waals surface area (Å²) >= 11 is 0. The maximum atomic E-state index is 12.7. The summed E-state index contributed by atoms with van der Waals surface area (Å²) in [5.41, 5.74) is 3.68. The molecule has 0 spiro atoms. The molecule has 3 rings (SSSR count). The third kappa shape index (κ3) is 3.89. The van der Waals surface area contributed by atoms with Crippen LogP contribution in [-0.4, -0.2) is 32.6 Å². The largest absolute Gasteiger partial charge is 0.497 e. The summed E-state index contributed by atoms with van der Waals surface area (Å²) in [6, 6.07) is 11.1. The number of anilines is 2. The molecule has 0 aromatic heterocycles. The van der Waals surface area contributed by atoms with Crippen LogP contribution in [0.2, 0.25) is 0 Å². The lowest BCUT2D eigenvalue weighted by molar-refractivity contribution is -0.122. The van der Waals surface area contributed by atoms with Crippen LogP contribution in [0.25, 0.3) is 0 Å². The van der Waals surface area contributed by atoms with E-state index in [2.05, 4.69) is 5.32 Å². The van der Waals surface area contributed by atoms with Gasteiger partial charge in [-0.25, -0.2) is 0 Å². The van der Waals surface area contributed by atoms with Gasteiger partial charge in [-0.05, 0) is 49.2 Å². The molecule has 6 heteroatoms. The van der Waals surface area contributed by atoms with E-state index in [1.165, 1.54) is 12.7 Å². The molecule has 1 saturated heterocycles. The van der Waals surface area contributed by atoms with Crippen molar-refractivity contribution in [1.29, 1.82) is 0 Å². The monoisotopic (exact) mass is 368 g/mol. The number of aryl methyl sites for hydroxylation is 2. The zero-order valence-corrected chi connectivity index (χ0v) is 16.0. The first kappa shape index (κ1) is 18.8. The minimum absolute atomic E-state index is 0.0416. The minimum Gasteiger partial charge on any atom is -0.497 e. The van der Waals surface area contributed by atoms with Crippen molar-refractivity contribution in [3.05, 3.63) is 47.5 Å². The fraction of sp³-hybridized carbons (Fsp3) is 0.333. The molecule has 0 bridgehead atoms. The average molecular weight is 368 g/mol. The first-order valence-electron chi connectivity index (χ1n) is 8.83. The first-order chi connectivity index (χ1) is 12.9. The number of nitrogens with one attached hydrogen (secondary N) is 1. The quantitative estimate of drug-likeness (QED) is 0.879. The van der Waals surface area contributed by atoms with Gasteiger partial charge in [0.1, 0.15) is 11.5 Å². The summed E-state index contributed by atoms with van der Waals surface area (Å²) in [7, 11) is 3.10. The molecule has 1 atom stereocenters. The predicted molar refractivity (Wildman–Crippen MR) is 105 cm³/mol. The summed E-state index contributed by atoms with van der Waals surface area (Å²) in [4.78, 5) is 26.8. The van der Waals surface area contributed by atoms with Crippen LogP contribution in [0.5, 0.6) is 11.5 Å². The Morgan fingerprint density at radius 1 is 1.07 bits per heavy atom. The van der Waals surface area contributed by atoms with Gasteiger partial charge in [-0.2, -0.15) is 0 Å². The van der Waals surface area contributed by atoms with Crippen LogP contribution in [0.1, 0.15) is 17.5 Å². The molecule has 0 saturated carbocycles. The standard InChI is InChI=1S/C21H24N2O4/c1-13-5-6-16(9-14(13)2)23-12-15(10-20(23)24)21(25)22-18-8-7-17(26-3)11-19(18)27-4/h5-9,11,15H,10,12H2,1-4H3,(H,22,25)/t15-/m0/s1. The normalized spacial score (nSPS) is 16.4. The molecular formula is C21H24N2O4. The van der Waals surface area contributed by atoms with Gasteiger partial charge in [0.05, 0.1) is 25.8 Å². The molecular weight excluding hydrogens is 344 g/mol. The van der Waals surface area contributed by atoms with Gasteiger partial charge in [-0.15, -0.1) is 0 Å². The maximum Gasteiger partial charge on any atom is 0.229 e. The van der Waals surface area contributed by atoms with Crippen molar-refractivity contribution < 1.29 is 19.1 Å². The van der Waals surface area contributed by atoms with Crippen LogP contribution in [-0.2, 0) is 9.59 Å². The van der Waals surface area contributed by atoms with Crippen LogP contribution in [0.15, 0.2) is 36.4 Å². The van der Waals surface area contributed by atoms with Gasteiger partial charge in [0, 0.05) is 24.7 Å². The lowest BCUT2D eigenvalue weighted by Gasteiger charge is -2.18. The van der Waals surface area contributed by atoms with E-state index in [0.29, 0.717) is 23.7 Å². The molecule has 27 heavy (non-hydrogen) atoms. The van der Waals surface area contributed by atoms with E-state index in [4.69, 9.17) is 9.47 Å². The Morgan fingerprint density at radius 2 is 1.85 bits per heavy atom. The minimum atomic E-state index is -0.411. The number of benzene rings is 2. The van der Waals surface area contributed by atoms with Crippen LogP contribution in [0.3, 0.4) is 0 Å². The van der Waals surface area contributed by atoms with Crippen LogP contribution in [0.4, 0.5) is 11.4 Å². The van der Waals surface area contributed by atoms with E-state index in [-0.39, 0.29) is 18.2 Å². The highest BCUT2D eigenvalue weighted by atomic mass is 16.5. The maximum absolute atomic E-state index is 12.7. The Balaban J connectivity index is 1.73. The second kappa shape index (κ2) is 7.70. The number of carbonyl (C=O) groups excluding carboxylic acids is 2. The number of amides is 2. The molecule has 0 radical (unpaired) electrons. The van der Waals surface area contributed by atoms with Gasteiger partial charge >= 0.3 is 0 Å². The number of carbonyl (C=O) groups is 2. The highest BCUT2D eigenvalue weighted by molar-refractivity contribution is 6.04. The van der Waals surface area contributed by atoms with Gasteiger partial charge in [0.25, 0.3) is 0 Å².